The fourth-order valence-electron chi connectivity index (χ4n) is 2.21. The Morgan fingerprint density at radius 3 is 2.57 bits per heavy atom. The number of rotatable bonds is 8. The number of carbonyl (C=O) groups excluding carboxylic acids is 1. The molecule has 3 nitrogen and oxygen atoms in total. The fourth-order valence-corrected chi connectivity index (χ4v) is 3.14. The highest BCUT2D eigenvalue weighted by atomic mass is 32.2. The number of benzene rings is 2. The molecular formula is C19H23NO2S. The molecule has 122 valence electrons. The Bertz CT molecular complexity index is 626. The van der Waals surface area contributed by atoms with Gasteiger partial charge in [-0.25, -0.2) is 0 Å². The zero-order valence-corrected chi connectivity index (χ0v) is 14.5. The highest BCUT2D eigenvalue weighted by Gasteiger charge is 2.03. The van der Waals surface area contributed by atoms with E-state index in [9.17, 15) is 4.79 Å². The summed E-state index contributed by atoms with van der Waals surface area (Å²) in [7, 11) is 1.64. The lowest BCUT2D eigenvalue weighted by Crippen LogP contribution is -2.27. The van der Waals surface area contributed by atoms with E-state index in [-0.39, 0.29) is 5.91 Å². The van der Waals surface area contributed by atoms with E-state index in [2.05, 4.69) is 36.5 Å². The number of amides is 1. The van der Waals surface area contributed by atoms with Crippen molar-refractivity contribution >= 4 is 17.7 Å². The normalized spacial score (nSPS) is 10.3. The number of aryl methyl sites for hydroxylation is 1. The van der Waals surface area contributed by atoms with Crippen LogP contribution in [0.5, 0.6) is 5.75 Å². The van der Waals surface area contributed by atoms with Crippen molar-refractivity contribution in [3.05, 3.63) is 65.2 Å². The number of thioether (sulfide) groups is 1. The molecule has 23 heavy (non-hydrogen) atoms. The first-order valence-corrected chi connectivity index (χ1v) is 8.86. The summed E-state index contributed by atoms with van der Waals surface area (Å²) in [6.45, 7) is 2.83. The SMILES string of the molecule is COc1ccc(CC(=O)NCCSCc2ccccc2C)cc1. The number of hydrogen-bond donors (Lipinski definition) is 1. The molecule has 0 aliphatic heterocycles. The number of methoxy groups -OCH3 is 1. The molecule has 0 bridgehead atoms. The van der Waals surface area contributed by atoms with Gasteiger partial charge in [0.2, 0.25) is 5.91 Å². The molecule has 0 aliphatic rings. The van der Waals surface area contributed by atoms with Crippen LogP contribution >= 0.6 is 11.8 Å². The topological polar surface area (TPSA) is 38.3 Å². The van der Waals surface area contributed by atoms with E-state index in [0.717, 1.165) is 22.8 Å². The first-order valence-electron chi connectivity index (χ1n) is 7.71. The van der Waals surface area contributed by atoms with Crippen LogP contribution in [0.2, 0.25) is 0 Å². The molecule has 4 heteroatoms. The van der Waals surface area contributed by atoms with Gasteiger partial charge in [-0.2, -0.15) is 11.8 Å². The van der Waals surface area contributed by atoms with Crippen LogP contribution in [0.3, 0.4) is 0 Å². The minimum atomic E-state index is 0.0617. The zero-order chi connectivity index (χ0) is 16.5. The van der Waals surface area contributed by atoms with E-state index in [1.807, 2.05) is 36.0 Å². The van der Waals surface area contributed by atoms with E-state index in [1.165, 1.54) is 11.1 Å². The first kappa shape index (κ1) is 17.4. The Morgan fingerprint density at radius 2 is 1.87 bits per heavy atom. The van der Waals surface area contributed by atoms with Crippen molar-refractivity contribution in [2.24, 2.45) is 0 Å². The summed E-state index contributed by atoms with van der Waals surface area (Å²) < 4.78 is 5.11. The summed E-state index contributed by atoms with van der Waals surface area (Å²) >= 11 is 1.84. The second-order valence-electron chi connectivity index (χ2n) is 5.35. The molecule has 0 spiro atoms. The van der Waals surface area contributed by atoms with Gasteiger partial charge in [0.05, 0.1) is 13.5 Å². The molecule has 2 aromatic rings. The molecule has 0 unspecified atom stereocenters. The Balaban J connectivity index is 1.64. The summed E-state index contributed by atoms with van der Waals surface area (Å²) in [5.41, 5.74) is 3.68. The Labute approximate surface area is 142 Å². The van der Waals surface area contributed by atoms with Gasteiger partial charge in [0.1, 0.15) is 5.75 Å². The fraction of sp³-hybridized carbons (Fsp3) is 0.316. The van der Waals surface area contributed by atoms with Gasteiger partial charge < -0.3 is 10.1 Å². The number of nitrogens with one attached hydrogen (secondary N) is 1. The van der Waals surface area contributed by atoms with Crippen molar-refractivity contribution in [1.29, 1.82) is 0 Å². The Hall–Kier alpha value is -1.94. The monoisotopic (exact) mass is 329 g/mol. The minimum Gasteiger partial charge on any atom is -0.497 e. The standard InChI is InChI=1S/C19H23NO2S/c1-15-5-3-4-6-17(15)14-23-12-11-20-19(21)13-16-7-9-18(22-2)10-8-16/h3-10H,11-14H2,1-2H3,(H,20,21). The van der Waals surface area contributed by atoms with Crippen LogP contribution in [0, 0.1) is 6.92 Å². The molecule has 2 aromatic carbocycles. The molecule has 0 fully saturated rings. The molecule has 0 aromatic heterocycles. The van der Waals surface area contributed by atoms with Crippen LogP contribution in [-0.4, -0.2) is 25.3 Å². The van der Waals surface area contributed by atoms with E-state index in [4.69, 9.17) is 4.74 Å². The predicted octanol–water partition coefficient (Wildman–Crippen LogP) is 3.60. The third-order valence-corrected chi connectivity index (χ3v) is 4.62. The van der Waals surface area contributed by atoms with Crippen molar-refractivity contribution in [1.82, 2.24) is 5.32 Å². The molecule has 1 amide bonds. The third kappa shape index (κ3) is 5.99. The van der Waals surface area contributed by atoms with Gasteiger partial charge in [-0.1, -0.05) is 36.4 Å². The Morgan fingerprint density at radius 1 is 1.13 bits per heavy atom. The van der Waals surface area contributed by atoms with Gasteiger partial charge in [0, 0.05) is 18.1 Å². The average molecular weight is 329 g/mol. The molecule has 1 N–H and O–H groups in total. The number of carbonyl (C=O) groups is 1. The summed E-state index contributed by atoms with van der Waals surface area (Å²) in [6, 6.07) is 16.0. The van der Waals surface area contributed by atoms with E-state index >= 15 is 0 Å². The smallest absolute Gasteiger partial charge is 0.224 e. The maximum Gasteiger partial charge on any atom is 0.224 e. The van der Waals surface area contributed by atoms with Gasteiger partial charge in [-0.15, -0.1) is 0 Å². The highest BCUT2D eigenvalue weighted by molar-refractivity contribution is 7.98. The van der Waals surface area contributed by atoms with Gasteiger partial charge >= 0.3 is 0 Å². The maximum absolute atomic E-state index is 11.9. The first-order chi connectivity index (χ1) is 11.2. The molecule has 2 rings (SSSR count). The largest absolute Gasteiger partial charge is 0.497 e. The van der Waals surface area contributed by atoms with E-state index < -0.39 is 0 Å². The average Bonchev–Trinajstić information content (AvgIpc) is 2.57. The molecule has 0 saturated carbocycles. The lowest BCUT2D eigenvalue weighted by molar-refractivity contribution is -0.120. The Kier molecular flexibility index (Phi) is 7.01. The second-order valence-corrected chi connectivity index (χ2v) is 6.46. The van der Waals surface area contributed by atoms with Gasteiger partial charge in [-0.05, 0) is 35.7 Å². The second kappa shape index (κ2) is 9.26. The van der Waals surface area contributed by atoms with Crippen LogP contribution < -0.4 is 10.1 Å². The summed E-state index contributed by atoms with van der Waals surface area (Å²) in [6.07, 6.45) is 0.409. The lowest BCUT2D eigenvalue weighted by Gasteiger charge is -2.07. The summed E-state index contributed by atoms with van der Waals surface area (Å²) in [5, 5.41) is 2.97. The molecule has 0 saturated heterocycles. The third-order valence-electron chi connectivity index (χ3n) is 3.61. The zero-order valence-electron chi connectivity index (χ0n) is 13.7. The van der Waals surface area contributed by atoms with Crippen molar-refractivity contribution in [2.45, 2.75) is 19.1 Å². The summed E-state index contributed by atoms with van der Waals surface area (Å²) in [4.78, 5) is 11.9. The quantitative estimate of drug-likeness (QED) is 0.752. The number of ether oxygens (including phenoxy) is 1. The van der Waals surface area contributed by atoms with Crippen molar-refractivity contribution in [3.8, 4) is 5.75 Å². The lowest BCUT2D eigenvalue weighted by atomic mass is 10.1. The summed E-state index contributed by atoms with van der Waals surface area (Å²) in [5.74, 6) is 2.78. The van der Waals surface area contributed by atoms with Crippen molar-refractivity contribution in [3.63, 3.8) is 0 Å². The van der Waals surface area contributed by atoms with Gasteiger partial charge in [-0.3, -0.25) is 4.79 Å². The van der Waals surface area contributed by atoms with Gasteiger partial charge in [0.15, 0.2) is 0 Å². The van der Waals surface area contributed by atoms with Crippen LogP contribution in [0.25, 0.3) is 0 Å². The van der Waals surface area contributed by atoms with Crippen molar-refractivity contribution in [2.75, 3.05) is 19.4 Å². The van der Waals surface area contributed by atoms with Crippen LogP contribution in [0.15, 0.2) is 48.5 Å². The minimum absolute atomic E-state index is 0.0617. The molecular weight excluding hydrogens is 306 g/mol. The van der Waals surface area contributed by atoms with E-state index in [1.54, 1.807) is 7.11 Å². The molecule has 0 heterocycles. The molecule has 0 aliphatic carbocycles. The maximum atomic E-state index is 11.9. The van der Waals surface area contributed by atoms with Crippen LogP contribution in [0.1, 0.15) is 16.7 Å². The van der Waals surface area contributed by atoms with Crippen LogP contribution in [-0.2, 0) is 17.0 Å². The predicted molar refractivity (Wildman–Crippen MR) is 97.0 cm³/mol. The van der Waals surface area contributed by atoms with Gasteiger partial charge in [0.25, 0.3) is 0 Å². The van der Waals surface area contributed by atoms with E-state index in [0.29, 0.717) is 13.0 Å². The van der Waals surface area contributed by atoms with Crippen molar-refractivity contribution < 1.29 is 9.53 Å². The highest BCUT2D eigenvalue weighted by Crippen LogP contribution is 2.15. The van der Waals surface area contributed by atoms with Crippen LogP contribution in [0.4, 0.5) is 0 Å². The molecule has 0 atom stereocenters. The molecule has 0 radical (unpaired) electrons. The number of hydrogen-bond acceptors (Lipinski definition) is 3.